The van der Waals surface area contributed by atoms with Gasteiger partial charge in [-0.25, -0.2) is 9.78 Å². The smallest absolute Gasteiger partial charge is 0.347 e. The minimum absolute atomic E-state index is 0.275. The number of aryl methyl sites for hydroxylation is 1. The Morgan fingerprint density at radius 2 is 2.07 bits per heavy atom. The Balaban J connectivity index is 1.95. The SMILES string of the molecule is CCOC(=O)[C@@H](C)Oc1ccccc1C=Nn1c(C)nc2ccc(Br)cc2c1=O. The summed E-state index contributed by atoms with van der Waals surface area (Å²) >= 11 is 3.37. The number of halogens is 1. The van der Waals surface area contributed by atoms with E-state index in [2.05, 4.69) is 26.0 Å². The van der Waals surface area contributed by atoms with Crippen molar-refractivity contribution in [1.82, 2.24) is 9.66 Å². The number of nitrogens with zero attached hydrogens (tertiary/aromatic N) is 3. The molecular weight excluding hydrogens is 438 g/mol. The fourth-order valence-electron chi connectivity index (χ4n) is 2.71. The fraction of sp³-hybridized carbons (Fsp3) is 0.238. The number of carbonyl (C=O) groups is 1. The van der Waals surface area contributed by atoms with E-state index >= 15 is 0 Å². The van der Waals surface area contributed by atoms with Gasteiger partial charge in [-0.05, 0) is 51.1 Å². The topological polar surface area (TPSA) is 82.8 Å². The normalized spacial score (nSPS) is 12.3. The summed E-state index contributed by atoms with van der Waals surface area (Å²) in [5.74, 6) is 0.467. The van der Waals surface area contributed by atoms with Crippen molar-refractivity contribution >= 4 is 39.0 Å². The number of fused-ring (bicyclic) bond motifs is 1. The van der Waals surface area contributed by atoms with Crippen LogP contribution in [0.4, 0.5) is 0 Å². The van der Waals surface area contributed by atoms with Gasteiger partial charge in [0, 0.05) is 10.0 Å². The van der Waals surface area contributed by atoms with Crippen molar-refractivity contribution in [1.29, 1.82) is 0 Å². The monoisotopic (exact) mass is 457 g/mol. The molecule has 3 aromatic rings. The third-order valence-corrected chi connectivity index (χ3v) is 4.62. The number of esters is 1. The third kappa shape index (κ3) is 4.71. The number of ether oxygens (including phenoxy) is 2. The first-order valence-corrected chi connectivity index (χ1v) is 9.85. The van der Waals surface area contributed by atoms with Crippen LogP contribution in [0.3, 0.4) is 0 Å². The summed E-state index contributed by atoms with van der Waals surface area (Å²) in [6.45, 7) is 5.35. The van der Waals surface area contributed by atoms with Gasteiger partial charge in [0.2, 0.25) is 0 Å². The van der Waals surface area contributed by atoms with Crippen LogP contribution in [0.15, 0.2) is 56.8 Å². The Morgan fingerprint density at radius 1 is 1.31 bits per heavy atom. The molecule has 0 spiro atoms. The van der Waals surface area contributed by atoms with Gasteiger partial charge >= 0.3 is 5.97 Å². The minimum atomic E-state index is -0.770. The molecule has 0 aliphatic carbocycles. The van der Waals surface area contributed by atoms with Gasteiger partial charge < -0.3 is 9.47 Å². The van der Waals surface area contributed by atoms with Gasteiger partial charge in [0.25, 0.3) is 5.56 Å². The van der Waals surface area contributed by atoms with E-state index < -0.39 is 12.1 Å². The molecule has 2 aromatic carbocycles. The molecule has 3 rings (SSSR count). The van der Waals surface area contributed by atoms with Crippen LogP contribution in [0, 0.1) is 6.92 Å². The van der Waals surface area contributed by atoms with E-state index in [1.807, 2.05) is 12.1 Å². The van der Waals surface area contributed by atoms with E-state index in [4.69, 9.17) is 9.47 Å². The summed E-state index contributed by atoms with van der Waals surface area (Å²) in [7, 11) is 0. The Labute approximate surface area is 176 Å². The van der Waals surface area contributed by atoms with Crippen LogP contribution in [0.1, 0.15) is 25.2 Å². The molecule has 0 N–H and O–H groups in total. The molecule has 0 unspecified atom stereocenters. The number of hydrogen-bond acceptors (Lipinski definition) is 6. The molecule has 0 bridgehead atoms. The number of aromatic nitrogens is 2. The molecule has 8 heteroatoms. The van der Waals surface area contributed by atoms with E-state index in [0.29, 0.717) is 28.0 Å². The maximum absolute atomic E-state index is 12.8. The quantitative estimate of drug-likeness (QED) is 0.416. The maximum atomic E-state index is 12.8. The van der Waals surface area contributed by atoms with E-state index in [1.165, 1.54) is 10.9 Å². The van der Waals surface area contributed by atoms with Gasteiger partial charge in [-0.1, -0.05) is 28.1 Å². The molecule has 0 saturated carbocycles. The van der Waals surface area contributed by atoms with Gasteiger partial charge in [-0.3, -0.25) is 4.79 Å². The molecule has 0 aliphatic rings. The van der Waals surface area contributed by atoms with E-state index in [0.717, 1.165) is 4.47 Å². The summed E-state index contributed by atoms with van der Waals surface area (Å²) in [6.07, 6.45) is 0.737. The van der Waals surface area contributed by atoms with Crippen molar-refractivity contribution in [3.05, 3.63) is 68.7 Å². The van der Waals surface area contributed by atoms with Crippen molar-refractivity contribution < 1.29 is 14.3 Å². The number of hydrogen-bond donors (Lipinski definition) is 0. The summed E-state index contributed by atoms with van der Waals surface area (Å²) in [4.78, 5) is 29.1. The minimum Gasteiger partial charge on any atom is -0.478 e. The molecule has 0 amide bonds. The lowest BCUT2D eigenvalue weighted by atomic mass is 10.2. The number of benzene rings is 2. The highest BCUT2D eigenvalue weighted by atomic mass is 79.9. The largest absolute Gasteiger partial charge is 0.478 e. The van der Waals surface area contributed by atoms with Gasteiger partial charge in [-0.2, -0.15) is 9.78 Å². The second-order valence-electron chi connectivity index (χ2n) is 6.23. The molecule has 1 aromatic heterocycles. The first-order valence-electron chi connectivity index (χ1n) is 9.06. The van der Waals surface area contributed by atoms with Crippen LogP contribution in [0.25, 0.3) is 10.9 Å². The van der Waals surface area contributed by atoms with Gasteiger partial charge in [-0.15, -0.1) is 0 Å². The zero-order valence-corrected chi connectivity index (χ0v) is 17.8. The van der Waals surface area contributed by atoms with E-state index in [1.54, 1.807) is 51.1 Å². The average Bonchev–Trinajstić information content (AvgIpc) is 2.69. The summed E-state index contributed by atoms with van der Waals surface area (Å²) in [5.41, 5.74) is 0.946. The lowest BCUT2D eigenvalue weighted by Crippen LogP contribution is -2.26. The Hall–Kier alpha value is -3.00. The predicted molar refractivity (Wildman–Crippen MR) is 115 cm³/mol. The molecule has 1 atom stereocenters. The molecule has 0 saturated heterocycles. The van der Waals surface area contributed by atoms with E-state index in [-0.39, 0.29) is 12.2 Å². The highest BCUT2D eigenvalue weighted by Gasteiger charge is 2.17. The van der Waals surface area contributed by atoms with Crippen LogP contribution in [0.2, 0.25) is 0 Å². The van der Waals surface area contributed by atoms with Crippen molar-refractivity contribution in [2.45, 2.75) is 26.9 Å². The zero-order chi connectivity index (χ0) is 21.0. The Bertz CT molecular complexity index is 1140. The van der Waals surface area contributed by atoms with Crippen LogP contribution >= 0.6 is 15.9 Å². The van der Waals surface area contributed by atoms with Crippen molar-refractivity contribution in [2.24, 2.45) is 5.10 Å². The first kappa shape index (κ1) is 20.7. The van der Waals surface area contributed by atoms with Crippen LogP contribution in [-0.2, 0) is 9.53 Å². The van der Waals surface area contributed by atoms with Gasteiger partial charge in [0.05, 0.1) is 23.7 Å². The van der Waals surface area contributed by atoms with Crippen LogP contribution < -0.4 is 10.3 Å². The summed E-state index contributed by atoms with van der Waals surface area (Å²) < 4.78 is 12.7. The molecule has 1 heterocycles. The molecule has 7 nitrogen and oxygen atoms in total. The van der Waals surface area contributed by atoms with Crippen LogP contribution in [0.5, 0.6) is 5.75 Å². The zero-order valence-electron chi connectivity index (χ0n) is 16.3. The summed E-state index contributed by atoms with van der Waals surface area (Å²) in [6, 6.07) is 12.4. The van der Waals surface area contributed by atoms with E-state index in [9.17, 15) is 9.59 Å². The molecular formula is C21H20BrN3O4. The number of carbonyl (C=O) groups excluding carboxylic acids is 1. The van der Waals surface area contributed by atoms with Crippen LogP contribution in [-0.4, -0.2) is 34.6 Å². The van der Waals surface area contributed by atoms with Crippen molar-refractivity contribution in [2.75, 3.05) is 6.61 Å². The van der Waals surface area contributed by atoms with Gasteiger partial charge in [0.1, 0.15) is 11.6 Å². The van der Waals surface area contributed by atoms with Crippen molar-refractivity contribution in [3.63, 3.8) is 0 Å². The Kier molecular flexibility index (Phi) is 6.43. The maximum Gasteiger partial charge on any atom is 0.347 e. The summed E-state index contributed by atoms with van der Waals surface area (Å²) in [5, 5.41) is 4.77. The average molecular weight is 458 g/mol. The molecule has 0 fully saturated rings. The third-order valence-electron chi connectivity index (χ3n) is 4.12. The van der Waals surface area contributed by atoms with Gasteiger partial charge in [0.15, 0.2) is 6.10 Å². The fourth-order valence-corrected chi connectivity index (χ4v) is 3.07. The highest BCUT2D eigenvalue weighted by molar-refractivity contribution is 9.10. The lowest BCUT2D eigenvalue weighted by molar-refractivity contribution is -0.150. The number of para-hydroxylation sites is 1. The number of rotatable bonds is 6. The molecule has 0 radical (unpaired) electrons. The van der Waals surface area contributed by atoms with Crippen molar-refractivity contribution in [3.8, 4) is 5.75 Å². The molecule has 0 aliphatic heterocycles. The lowest BCUT2D eigenvalue weighted by Gasteiger charge is -2.15. The standard InChI is InChI=1S/C21H20BrN3O4/c1-4-28-21(27)13(2)29-19-8-6-5-7-15(19)12-23-25-14(3)24-18-10-9-16(22)11-17(18)20(25)26/h5-13H,4H2,1-3H3/t13-/m1/s1. The first-order chi connectivity index (χ1) is 13.9. The highest BCUT2D eigenvalue weighted by Crippen LogP contribution is 2.19. The molecule has 150 valence electrons. The predicted octanol–water partition coefficient (Wildman–Crippen LogP) is 3.68. The Morgan fingerprint density at radius 3 is 2.83 bits per heavy atom. The second kappa shape index (κ2) is 9.00. The second-order valence-corrected chi connectivity index (χ2v) is 7.15. The molecule has 29 heavy (non-hydrogen) atoms.